The van der Waals surface area contributed by atoms with Crippen LogP contribution in [0.2, 0.25) is 0 Å². The lowest BCUT2D eigenvalue weighted by Crippen LogP contribution is -2.39. The van der Waals surface area contributed by atoms with E-state index in [0.29, 0.717) is 18.2 Å². The molecule has 5 nitrogen and oxygen atoms in total. The first kappa shape index (κ1) is 17.0. The normalized spacial score (nSPS) is 23.7. The first-order valence-electron chi connectivity index (χ1n) is 7.27. The van der Waals surface area contributed by atoms with Crippen molar-refractivity contribution in [2.24, 2.45) is 5.92 Å². The van der Waals surface area contributed by atoms with Gasteiger partial charge in [-0.05, 0) is 41.7 Å². The molecule has 1 fully saturated rings. The van der Waals surface area contributed by atoms with Gasteiger partial charge in [-0.2, -0.15) is 4.31 Å². The van der Waals surface area contributed by atoms with Crippen LogP contribution in [0, 0.1) is 5.92 Å². The molecule has 0 aliphatic heterocycles. The lowest BCUT2D eigenvalue weighted by Gasteiger charge is -2.33. The van der Waals surface area contributed by atoms with Gasteiger partial charge in [0.1, 0.15) is 10.7 Å². The predicted octanol–water partition coefficient (Wildman–Crippen LogP) is 2.96. The van der Waals surface area contributed by atoms with E-state index in [1.54, 1.807) is 20.2 Å². The highest BCUT2D eigenvalue weighted by atomic mass is 79.9. The van der Waals surface area contributed by atoms with Crippen LogP contribution in [0.15, 0.2) is 20.0 Å². The zero-order chi connectivity index (χ0) is 15.6. The Morgan fingerprint density at radius 1 is 1.48 bits per heavy atom. The first-order valence-corrected chi connectivity index (χ1v) is 9.50. The molecule has 120 valence electrons. The van der Waals surface area contributed by atoms with Crippen molar-refractivity contribution in [1.82, 2.24) is 9.62 Å². The standard InChI is InChI=1S/C14H23BrN2O3S/c1-10-5-4-6-11(7-10)17(3)21(18,19)13-8-12(9-16-2)20-14(13)15/h8,10-11,16H,4-7,9H2,1-3H3. The smallest absolute Gasteiger partial charge is 0.247 e. The molecule has 0 amide bonds. The number of nitrogens with zero attached hydrogens (tertiary/aromatic N) is 1. The number of hydrogen-bond acceptors (Lipinski definition) is 4. The zero-order valence-corrected chi connectivity index (χ0v) is 15.1. The molecule has 1 saturated carbocycles. The number of nitrogens with one attached hydrogen (secondary N) is 1. The summed E-state index contributed by atoms with van der Waals surface area (Å²) in [6, 6.07) is 1.67. The van der Waals surface area contributed by atoms with Crippen molar-refractivity contribution < 1.29 is 12.8 Å². The molecule has 2 rings (SSSR count). The summed E-state index contributed by atoms with van der Waals surface area (Å²) in [5.41, 5.74) is 0. The van der Waals surface area contributed by atoms with Crippen molar-refractivity contribution in [3.63, 3.8) is 0 Å². The number of hydrogen-bond donors (Lipinski definition) is 1. The summed E-state index contributed by atoms with van der Waals surface area (Å²) in [6.45, 7) is 2.68. The molecule has 1 aromatic heterocycles. The summed E-state index contributed by atoms with van der Waals surface area (Å²) in [5.74, 6) is 1.18. The molecule has 0 radical (unpaired) electrons. The largest absolute Gasteiger partial charge is 0.452 e. The minimum absolute atomic E-state index is 0.0771. The van der Waals surface area contributed by atoms with Crippen LogP contribution >= 0.6 is 15.9 Å². The summed E-state index contributed by atoms with van der Waals surface area (Å²) in [7, 11) is -0.0576. The van der Waals surface area contributed by atoms with Crippen LogP contribution in [0.3, 0.4) is 0 Å². The fraction of sp³-hybridized carbons (Fsp3) is 0.714. The molecule has 1 aromatic rings. The highest BCUT2D eigenvalue weighted by Crippen LogP contribution is 2.33. The lowest BCUT2D eigenvalue weighted by atomic mass is 9.87. The number of halogens is 1. The topological polar surface area (TPSA) is 62.6 Å². The lowest BCUT2D eigenvalue weighted by molar-refractivity contribution is 0.239. The van der Waals surface area contributed by atoms with E-state index in [1.165, 1.54) is 10.7 Å². The maximum atomic E-state index is 12.8. The minimum atomic E-state index is -3.53. The van der Waals surface area contributed by atoms with E-state index < -0.39 is 10.0 Å². The van der Waals surface area contributed by atoms with Crippen molar-refractivity contribution in [1.29, 1.82) is 0 Å². The van der Waals surface area contributed by atoms with Gasteiger partial charge in [-0.1, -0.05) is 19.8 Å². The summed E-state index contributed by atoms with van der Waals surface area (Å²) < 4.78 is 32.8. The fourth-order valence-electron chi connectivity index (χ4n) is 2.92. The number of sulfonamides is 1. The highest BCUT2D eigenvalue weighted by Gasteiger charge is 2.33. The van der Waals surface area contributed by atoms with Gasteiger partial charge in [-0.3, -0.25) is 0 Å². The van der Waals surface area contributed by atoms with E-state index in [0.717, 1.165) is 19.3 Å². The second-order valence-corrected chi connectivity index (χ2v) is 8.51. The van der Waals surface area contributed by atoms with Gasteiger partial charge in [0, 0.05) is 19.2 Å². The molecule has 0 spiro atoms. The van der Waals surface area contributed by atoms with E-state index in [1.807, 2.05) is 0 Å². The monoisotopic (exact) mass is 378 g/mol. The van der Waals surface area contributed by atoms with Gasteiger partial charge in [-0.15, -0.1) is 0 Å². The Balaban J connectivity index is 2.24. The molecule has 1 aliphatic carbocycles. The molecule has 21 heavy (non-hydrogen) atoms. The Bertz CT molecular complexity index is 585. The average Bonchev–Trinajstić information content (AvgIpc) is 2.80. The van der Waals surface area contributed by atoms with Crippen LogP contribution in [0.4, 0.5) is 0 Å². The van der Waals surface area contributed by atoms with E-state index in [2.05, 4.69) is 28.2 Å². The Labute approximate surface area is 135 Å². The van der Waals surface area contributed by atoms with Gasteiger partial charge in [0.05, 0.1) is 6.54 Å². The SMILES string of the molecule is CNCc1cc(S(=O)(=O)N(C)C2CCCC(C)C2)c(Br)o1. The Morgan fingerprint density at radius 3 is 2.81 bits per heavy atom. The second-order valence-electron chi connectivity index (χ2n) is 5.83. The quantitative estimate of drug-likeness (QED) is 0.855. The van der Waals surface area contributed by atoms with Gasteiger partial charge >= 0.3 is 0 Å². The van der Waals surface area contributed by atoms with Gasteiger partial charge in [0.25, 0.3) is 0 Å². The van der Waals surface area contributed by atoms with Crippen molar-refractivity contribution in [2.45, 2.75) is 50.1 Å². The van der Waals surface area contributed by atoms with Crippen LogP contribution in [-0.2, 0) is 16.6 Å². The number of rotatable bonds is 5. The van der Waals surface area contributed by atoms with Gasteiger partial charge in [-0.25, -0.2) is 8.42 Å². The van der Waals surface area contributed by atoms with E-state index >= 15 is 0 Å². The van der Waals surface area contributed by atoms with Crippen molar-refractivity contribution in [3.8, 4) is 0 Å². The molecule has 2 unspecified atom stereocenters. The van der Waals surface area contributed by atoms with Crippen LogP contribution in [0.1, 0.15) is 38.4 Å². The van der Waals surface area contributed by atoms with E-state index in [-0.39, 0.29) is 15.6 Å². The summed E-state index contributed by atoms with van der Waals surface area (Å²) in [5, 5.41) is 2.95. The molecule has 0 bridgehead atoms. The van der Waals surface area contributed by atoms with Gasteiger partial charge in [0.15, 0.2) is 4.67 Å². The highest BCUT2D eigenvalue weighted by molar-refractivity contribution is 9.10. The summed E-state index contributed by atoms with van der Waals surface area (Å²) in [6.07, 6.45) is 4.13. The molecular weight excluding hydrogens is 356 g/mol. The molecule has 7 heteroatoms. The molecule has 0 saturated heterocycles. The molecule has 0 aromatic carbocycles. The molecule has 1 heterocycles. The van der Waals surface area contributed by atoms with Crippen LogP contribution in [0.5, 0.6) is 0 Å². The maximum Gasteiger partial charge on any atom is 0.247 e. The molecule has 2 atom stereocenters. The summed E-state index contributed by atoms with van der Waals surface area (Å²) in [4.78, 5) is 0.216. The van der Waals surface area contributed by atoms with Gasteiger partial charge in [0.2, 0.25) is 10.0 Å². The fourth-order valence-corrected chi connectivity index (χ4v) is 5.27. The molecular formula is C14H23BrN2O3S. The zero-order valence-electron chi connectivity index (χ0n) is 12.7. The van der Waals surface area contributed by atoms with E-state index in [9.17, 15) is 8.42 Å². The third-order valence-corrected chi connectivity index (χ3v) is 6.90. The van der Waals surface area contributed by atoms with Crippen LogP contribution in [-0.4, -0.2) is 32.9 Å². The van der Waals surface area contributed by atoms with E-state index in [4.69, 9.17) is 4.42 Å². The third kappa shape index (κ3) is 3.70. The van der Waals surface area contributed by atoms with Crippen LogP contribution < -0.4 is 5.32 Å². The van der Waals surface area contributed by atoms with Gasteiger partial charge < -0.3 is 9.73 Å². The predicted molar refractivity (Wildman–Crippen MR) is 85.5 cm³/mol. The third-order valence-electron chi connectivity index (χ3n) is 4.14. The Kier molecular flexibility index (Phi) is 5.51. The van der Waals surface area contributed by atoms with Crippen molar-refractivity contribution >= 4 is 26.0 Å². The maximum absolute atomic E-state index is 12.8. The molecule has 1 aliphatic rings. The number of furan rings is 1. The second kappa shape index (κ2) is 6.81. The average molecular weight is 379 g/mol. The molecule has 1 N–H and O–H groups in total. The van der Waals surface area contributed by atoms with Crippen molar-refractivity contribution in [3.05, 3.63) is 16.5 Å². The van der Waals surface area contributed by atoms with Crippen molar-refractivity contribution in [2.75, 3.05) is 14.1 Å². The first-order chi connectivity index (χ1) is 9.86. The van der Waals surface area contributed by atoms with Crippen LogP contribution in [0.25, 0.3) is 0 Å². The Morgan fingerprint density at radius 2 is 2.19 bits per heavy atom. The minimum Gasteiger partial charge on any atom is -0.452 e. The Hall–Kier alpha value is -0.370. The summed E-state index contributed by atoms with van der Waals surface area (Å²) >= 11 is 3.23.